The van der Waals surface area contributed by atoms with Gasteiger partial charge in [-0.05, 0) is 25.0 Å². The van der Waals surface area contributed by atoms with Gasteiger partial charge in [-0.25, -0.2) is 0 Å². The second kappa shape index (κ2) is 3.17. The number of benzene rings is 1. The number of aryl methyl sites for hydroxylation is 1. The number of ether oxygens (including phenoxy) is 1. The number of fused-ring (bicyclic) bond motifs is 1. The fourth-order valence-corrected chi connectivity index (χ4v) is 1.83. The molecule has 3 nitrogen and oxygen atoms in total. The number of hydrogen-bond donors (Lipinski definition) is 2. The van der Waals surface area contributed by atoms with Crippen LogP contribution in [0.3, 0.4) is 0 Å². The van der Waals surface area contributed by atoms with Gasteiger partial charge >= 0.3 is 0 Å². The lowest BCUT2D eigenvalue weighted by Gasteiger charge is -2.25. The van der Waals surface area contributed by atoms with Gasteiger partial charge in [-0.15, -0.1) is 0 Å². The SMILES string of the molecule is Cc1cc2c(c(N)c1C)OCC[C@@H]2N. The highest BCUT2D eigenvalue weighted by molar-refractivity contribution is 5.65. The van der Waals surface area contributed by atoms with Crippen molar-refractivity contribution in [3.8, 4) is 5.75 Å². The molecular formula is C11H16N2O. The van der Waals surface area contributed by atoms with Crippen molar-refractivity contribution < 1.29 is 4.74 Å². The Morgan fingerprint density at radius 3 is 2.86 bits per heavy atom. The molecule has 2 rings (SSSR count). The van der Waals surface area contributed by atoms with Crippen LogP contribution in [0, 0.1) is 13.8 Å². The zero-order chi connectivity index (χ0) is 10.3. The highest BCUT2D eigenvalue weighted by Crippen LogP contribution is 2.38. The zero-order valence-electron chi connectivity index (χ0n) is 8.63. The molecule has 0 aromatic heterocycles. The largest absolute Gasteiger partial charge is 0.491 e. The average molecular weight is 192 g/mol. The van der Waals surface area contributed by atoms with E-state index in [4.69, 9.17) is 16.2 Å². The minimum atomic E-state index is 0.0698. The Kier molecular flexibility index (Phi) is 2.11. The molecule has 0 aliphatic carbocycles. The molecule has 76 valence electrons. The van der Waals surface area contributed by atoms with Crippen LogP contribution >= 0.6 is 0 Å². The lowest BCUT2D eigenvalue weighted by molar-refractivity contribution is 0.270. The quantitative estimate of drug-likeness (QED) is 0.615. The number of hydrogen-bond acceptors (Lipinski definition) is 3. The average Bonchev–Trinajstić information content (AvgIpc) is 2.17. The van der Waals surface area contributed by atoms with Gasteiger partial charge in [0.25, 0.3) is 0 Å². The van der Waals surface area contributed by atoms with E-state index >= 15 is 0 Å². The van der Waals surface area contributed by atoms with Crippen LogP contribution in [0.1, 0.15) is 29.2 Å². The molecular weight excluding hydrogens is 176 g/mol. The number of rotatable bonds is 0. The maximum absolute atomic E-state index is 6.00. The van der Waals surface area contributed by atoms with E-state index in [0.29, 0.717) is 6.61 Å². The van der Waals surface area contributed by atoms with Gasteiger partial charge in [0.2, 0.25) is 0 Å². The summed E-state index contributed by atoms with van der Waals surface area (Å²) >= 11 is 0. The molecule has 1 aromatic rings. The van der Waals surface area contributed by atoms with Gasteiger partial charge < -0.3 is 16.2 Å². The smallest absolute Gasteiger partial charge is 0.147 e. The van der Waals surface area contributed by atoms with E-state index in [0.717, 1.165) is 29.0 Å². The van der Waals surface area contributed by atoms with E-state index in [9.17, 15) is 0 Å². The van der Waals surface area contributed by atoms with Crippen molar-refractivity contribution in [1.29, 1.82) is 0 Å². The molecule has 0 unspecified atom stereocenters. The fraction of sp³-hybridized carbons (Fsp3) is 0.455. The molecule has 1 atom stereocenters. The van der Waals surface area contributed by atoms with Crippen molar-refractivity contribution in [2.45, 2.75) is 26.3 Å². The van der Waals surface area contributed by atoms with Gasteiger partial charge in [0.1, 0.15) is 5.75 Å². The van der Waals surface area contributed by atoms with Crippen LogP contribution in [0.4, 0.5) is 5.69 Å². The summed E-state index contributed by atoms with van der Waals surface area (Å²) in [5.41, 5.74) is 16.1. The van der Waals surface area contributed by atoms with Gasteiger partial charge in [-0.3, -0.25) is 0 Å². The Bertz CT molecular complexity index is 374. The molecule has 0 saturated heterocycles. The molecule has 0 spiro atoms. The van der Waals surface area contributed by atoms with Crippen LogP contribution in [0.5, 0.6) is 5.75 Å². The first kappa shape index (κ1) is 9.34. The molecule has 3 heteroatoms. The molecule has 0 saturated carbocycles. The molecule has 0 radical (unpaired) electrons. The molecule has 1 heterocycles. The van der Waals surface area contributed by atoms with E-state index in [1.807, 2.05) is 13.8 Å². The fourth-order valence-electron chi connectivity index (χ4n) is 1.83. The molecule has 1 aliphatic rings. The predicted molar refractivity (Wildman–Crippen MR) is 57.4 cm³/mol. The van der Waals surface area contributed by atoms with Gasteiger partial charge in [-0.2, -0.15) is 0 Å². The summed E-state index contributed by atoms with van der Waals surface area (Å²) in [5.74, 6) is 0.798. The van der Waals surface area contributed by atoms with Gasteiger partial charge in [-0.1, -0.05) is 6.07 Å². The second-order valence-corrected chi connectivity index (χ2v) is 3.89. The first-order valence-corrected chi connectivity index (χ1v) is 4.89. The van der Waals surface area contributed by atoms with Crippen molar-refractivity contribution in [3.05, 3.63) is 22.8 Å². The minimum Gasteiger partial charge on any atom is -0.491 e. The monoisotopic (exact) mass is 192 g/mol. The third kappa shape index (κ3) is 1.24. The maximum Gasteiger partial charge on any atom is 0.147 e. The van der Waals surface area contributed by atoms with Crippen LogP contribution < -0.4 is 16.2 Å². The molecule has 0 bridgehead atoms. The topological polar surface area (TPSA) is 61.3 Å². The van der Waals surface area contributed by atoms with E-state index in [2.05, 4.69) is 6.07 Å². The summed E-state index contributed by atoms with van der Waals surface area (Å²) in [6.45, 7) is 4.72. The first-order valence-electron chi connectivity index (χ1n) is 4.89. The summed E-state index contributed by atoms with van der Waals surface area (Å²) in [4.78, 5) is 0. The highest BCUT2D eigenvalue weighted by Gasteiger charge is 2.21. The van der Waals surface area contributed by atoms with E-state index in [1.165, 1.54) is 5.56 Å². The number of nitrogens with two attached hydrogens (primary N) is 2. The summed E-state index contributed by atoms with van der Waals surface area (Å²) in [5, 5.41) is 0. The van der Waals surface area contributed by atoms with Crippen molar-refractivity contribution >= 4 is 5.69 Å². The predicted octanol–water partition coefficient (Wildman–Crippen LogP) is 1.67. The van der Waals surface area contributed by atoms with Crippen LogP contribution in [0.15, 0.2) is 6.07 Å². The standard InChI is InChI=1S/C11H16N2O/c1-6-5-8-9(12)3-4-14-11(8)10(13)7(6)2/h5,9H,3-4,12-13H2,1-2H3/t9-/m0/s1. The van der Waals surface area contributed by atoms with Crippen molar-refractivity contribution in [2.75, 3.05) is 12.3 Å². The van der Waals surface area contributed by atoms with Crippen molar-refractivity contribution in [3.63, 3.8) is 0 Å². The van der Waals surface area contributed by atoms with Crippen LogP contribution in [-0.2, 0) is 0 Å². The minimum absolute atomic E-state index is 0.0698. The lowest BCUT2D eigenvalue weighted by Crippen LogP contribution is -2.22. The van der Waals surface area contributed by atoms with Crippen molar-refractivity contribution in [2.24, 2.45) is 5.73 Å². The zero-order valence-corrected chi connectivity index (χ0v) is 8.63. The summed E-state index contributed by atoms with van der Waals surface area (Å²) in [6.07, 6.45) is 0.870. The normalized spacial score (nSPS) is 20.1. The number of anilines is 1. The Balaban J connectivity index is 2.63. The second-order valence-electron chi connectivity index (χ2n) is 3.89. The van der Waals surface area contributed by atoms with E-state index < -0.39 is 0 Å². The Morgan fingerprint density at radius 2 is 2.14 bits per heavy atom. The van der Waals surface area contributed by atoms with Crippen LogP contribution in [-0.4, -0.2) is 6.61 Å². The summed E-state index contributed by atoms with van der Waals surface area (Å²) < 4.78 is 5.56. The molecule has 14 heavy (non-hydrogen) atoms. The lowest BCUT2D eigenvalue weighted by atomic mass is 9.95. The molecule has 0 amide bonds. The Labute approximate surface area is 84.0 Å². The first-order chi connectivity index (χ1) is 6.61. The van der Waals surface area contributed by atoms with Crippen LogP contribution in [0.2, 0.25) is 0 Å². The molecule has 1 aliphatic heterocycles. The summed E-state index contributed by atoms with van der Waals surface area (Å²) in [6, 6.07) is 2.16. The van der Waals surface area contributed by atoms with Gasteiger partial charge in [0.05, 0.1) is 12.3 Å². The maximum atomic E-state index is 6.00. The Morgan fingerprint density at radius 1 is 1.43 bits per heavy atom. The molecule has 4 N–H and O–H groups in total. The van der Waals surface area contributed by atoms with Crippen LogP contribution in [0.25, 0.3) is 0 Å². The van der Waals surface area contributed by atoms with E-state index in [-0.39, 0.29) is 6.04 Å². The highest BCUT2D eigenvalue weighted by atomic mass is 16.5. The molecule has 1 aromatic carbocycles. The number of nitrogen functional groups attached to an aromatic ring is 1. The molecule has 0 fully saturated rings. The van der Waals surface area contributed by atoms with Gasteiger partial charge in [0, 0.05) is 18.0 Å². The Hall–Kier alpha value is -1.22. The van der Waals surface area contributed by atoms with E-state index in [1.54, 1.807) is 0 Å². The van der Waals surface area contributed by atoms with Crippen molar-refractivity contribution in [1.82, 2.24) is 0 Å². The summed E-state index contributed by atoms with van der Waals surface area (Å²) in [7, 11) is 0. The third-order valence-corrected chi connectivity index (χ3v) is 2.95. The van der Waals surface area contributed by atoms with Gasteiger partial charge in [0.15, 0.2) is 0 Å². The third-order valence-electron chi connectivity index (χ3n) is 2.95.